The Morgan fingerprint density at radius 3 is 3.05 bits per heavy atom. The largest absolute Gasteiger partial charge is 0.481 e. The number of hydrogen-bond donors (Lipinski definition) is 2. The number of carboxylic acids is 1. The molecule has 0 radical (unpaired) electrons. The van der Waals surface area contributed by atoms with E-state index in [1.165, 1.54) is 0 Å². The highest BCUT2D eigenvalue weighted by molar-refractivity contribution is 5.74. The summed E-state index contributed by atoms with van der Waals surface area (Å²) in [6.45, 7) is 1.74. The van der Waals surface area contributed by atoms with E-state index in [1.54, 1.807) is 17.2 Å². The van der Waals surface area contributed by atoms with Gasteiger partial charge in [0, 0.05) is 19.5 Å². The second kappa shape index (κ2) is 6.98. The first kappa shape index (κ1) is 14.4. The first-order valence-electron chi connectivity index (χ1n) is 6.92. The van der Waals surface area contributed by atoms with E-state index in [-0.39, 0.29) is 18.4 Å². The van der Waals surface area contributed by atoms with Gasteiger partial charge in [-0.1, -0.05) is 0 Å². The third-order valence-electron chi connectivity index (χ3n) is 3.57. The van der Waals surface area contributed by atoms with Gasteiger partial charge in [0.15, 0.2) is 0 Å². The maximum Gasteiger partial charge on any atom is 0.317 e. The molecule has 0 aromatic carbocycles. The van der Waals surface area contributed by atoms with Crippen LogP contribution in [-0.2, 0) is 11.3 Å². The van der Waals surface area contributed by atoms with Gasteiger partial charge in [0.1, 0.15) is 5.76 Å². The molecule has 0 spiro atoms. The van der Waals surface area contributed by atoms with Crippen LogP contribution in [0.2, 0.25) is 0 Å². The summed E-state index contributed by atoms with van der Waals surface area (Å²) in [4.78, 5) is 24.4. The average molecular weight is 280 g/mol. The molecule has 1 fully saturated rings. The molecule has 0 aliphatic carbocycles. The predicted molar refractivity (Wildman–Crippen MR) is 72.1 cm³/mol. The van der Waals surface area contributed by atoms with Gasteiger partial charge in [-0.3, -0.25) is 4.79 Å². The van der Waals surface area contributed by atoms with Gasteiger partial charge in [-0.15, -0.1) is 0 Å². The third kappa shape index (κ3) is 4.29. The predicted octanol–water partition coefficient (Wildman–Crippen LogP) is 2.07. The molecule has 2 heterocycles. The van der Waals surface area contributed by atoms with Crippen molar-refractivity contribution in [2.75, 3.05) is 13.1 Å². The van der Waals surface area contributed by atoms with Crippen LogP contribution < -0.4 is 5.32 Å². The lowest BCUT2D eigenvalue weighted by molar-refractivity contribution is -0.137. The van der Waals surface area contributed by atoms with Crippen LogP contribution in [0.3, 0.4) is 0 Å². The molecule has 1 aliphatic rings. The van der Waals surface area contributed by atoms with Crippen molar-refractivity contribution in [2.24, 2.45) is 5.92 Å². The maximum absolute atomic E-state index is 12.0. The van der Waals surface area contributed by atoms with Crippen molar-refractivity contribution in [2.45, 2.75) is 32.2 Å². The highest BCUT2D eigenvalue weighted by Crippen LogP contribution is 2.21. The molecule has 20 heavy (non-hydrogen) atoms. The second-order valence-electron chi connectivity index (χ2n) is 5.12. The van der Waals surface area contributed by atoms with Gasteiger partial charge in [0.05, 0.1) is 12.8 Å². The molecule has 0 saturated carbocycles. The zero-order valence-electron chi connectivity index (χ0n) is 11.4. The molecule has 1 aromatic rings. The van der Waals surface area contributed by atoms with Crippen molar-refractivity contribution < 1.29 is 19.1 Å². The number of carbonyl (C=O) groups is 2. The van der Waals surface area contributed by atoms with Crippen LogP contribution >= 0.6 is 0 Å². The lowest BCUT2D eigenvalue weighted by atomic mass is 9.93. The fourth-order valence-electron chi connectivity index (χ4n) is 2.50. The Morgan fingerprint density at radius 2 is 2.35 bits per heavy atom. The Bertz CT molecular complexity index is 444. The Morgan fingerprint density at radius 1 is 1.50 bits per heavy atom. The van der Waals surface area contributed by atoms with Crippen molar-refractivity contribution >= 4 is 12.0 Å². The van der Waals surface area contributed by atoms with Crippen molar-refractivity contribution in [3.8, 4) is 0 Å². The van der Waals surface area contributed by atoms with Crippen LogP contribution in [0.15, 0.2) is 22.8 Å². The molecule has 2 N–H and O–H groups in total. The van der Waals surface area contributed by atoms with Gasteiger partial charge in [0.25, 0.3) is 0 Å². The van der Waals surface area contributed by atoms with Gasteiger partial charge in [0.2, 0.25) is 0 Å². The number of carboxylic acid groups (broad SMARTS) is 1. The Balaban J connectivity index is 1.76. The summed E-state index contributed by atoms with van der Waals surface area (Å²) in [6, 6.07) is 3.48. The summed E-state index contributed by atoms with van der Waals surface area (Å²) in [5.74, 6) is 0.233. The number of nitrogens with zero attached hydrogens (tertiary/aromatic N) is 1. The van der Waals surface area contributed by atoms with E-state index in [0.29, 0.717) is 19.5 Å². The van der Waals surface area contributed by atoms with Gasteiger partial charge in [-0.2, -0.15) is 0 Å². The van der Waals surface area contributed by atoms with E-state index in [1.807, 2.05) is 6.07 Å². The molecular weight excluding hydrogens is 260 g/mol. The molecule has 1 unspecified atom stereocenters. The van der Waals surface area contributed by atoms with E-state index in [2.05, 4.69) is 5.32 Å². The van der Waals surface area contributed by atoms with Gasteiger partial charge in [-0.05, 0) is 37.3 Å². The van der Waals surface area contributed by atoms with E-state index in [0.717, 1.165) is 25.1 Å². The van der Waals surface area contributed by atoms with E-state index in [9.17, 15) is 9.59 Å². The fraction of sp³-hybridized carbons (Fsp3) is 0.571. The first-order chi connectivity index (χ1) is 9.65. The van der Waals surface area contributed by atoms with Crippen molar-refractivity contribution in [3.05, 3.63) is 24.2 Å². The van der Waals surface area contributed by atoms with Gasteiger partial charge < -0.3 is 19.7 Å². The van der Waals surface area contributed by atoms with Crippen molar-refractivity contribution in [1.82, 2.24) is 10.2 Å². The molecule has 1 saturated heterocycles. The molecule has 110 valence electrons. The minimum absolute atomic E-state index is 0.110. The number of hydrogen-bond acceptors (Lipinski definition) is 3. The van der Waals surface area contributed by atoms with Crippen LogP contribution in [0.4, 0.5) is 4.79 Å². The quantitative estimate of drug-likeness (QED) is 0.865. The summed E-state index contributed by atoms with van der Waals surface area (Å²) in [7, 11) is 0. The highest BCUT2D eigenvalue weighted by atomic mass is 16.4. The van der Waals surface area contributed by atoms with Crippen LogP contribution in [0.5, 0.6) is 0 Å². The number of aliphatic carboxylic acids is 1. The molecule has 1 aliphatic heterocycles. The van der Waals surface area contributed by atoms with Gasteiger partial charge >= 0.3 is 12.0 Å². The number of likely N-dealkylation sites (tertiary alicyclic amines) is 1. The standard InChI is InChI=1S/C14H20N2O4/c17-13(18)6-5-11-3-1-7-16(10-11)14(19)15-9-12-4-2-8-20-12/h2,4,8,11H,1,3,5-7,9-10H2,(H,15,19)(H,17,18). The topological polar surface area (TPSA) is 82.8 Å². The molecule has 0 bridgehead atoms. The first-order valence-corrected chi connectivity index (χ1v) is 6.92. The number of urea groups is 1. The van der Waals surface area contributed by atoms with Crippen molar-refractivity contribution in [1.29, 1.82) is 0 Å². The minimum atomic E-state index is -0.774. The van der Waals surface area contributed by atoms with Crippen LogP contribution in [0, 0.1) is 5.92 Å². The number of amides is 2. The third-order valence-corrected chi connectivity index (χ3v) is 3.57. The average Bonchev–Trinajstić information content (AvgIpc) is 2.96. The number of rotatable bonds is 5. The van der Waals surface area contributed by atoms with Gasteiger partial charge in [-0.25, -0.2) is 4.79 Å². The lowest BCUT2D eigenvalue weighted by Gasteiger charge is -2.32. The second-order valence-corrected chi connectivity index (χ2v) is 5.12. The van der Waals surface area contributed by atoms with E-state index < -0.39 is 5.97 Å². The molecule has 1 aromatic heterocycles. The zero-order chi connectivity index (χ0) is 14.4. The Hall–Kier alpha value is -1.98. The number of carbonyl (C=O) groups excluding carboxylic acids is 1. The zero-order valence-corrected chi connectivity index (χ0v) is 11.4. The van der Waals surface area contributed by atoms with E-state index in [4.69, 9.17) is 9.52 Å². The molecule has 6 nitrogen and oxygen atoms in total. The molecule has 2 rings (SSSR count). The maximum atomic E-state index is 12.0. The lowest BCUT2D eigenvalue weighted by Crippen LogP contribution is -2.45. The highest BCUT2D eigenvalue weighted by Gasteiger charge is 2.23. The van der Waals surface area contributed by atoms with E-state index >= 15 is 0 Å². The van der Waals surface area contributed by atoms with Crippen LogP contribution in [-0.4, -0.2) is 35.1 Å². The molecule has 1 atom stereocenters. The summed E-state index contributed by atoms with van der Waals surface area (Å²) in [6.07, 6.45) is 4.31. The SMILES string of the molecule is O=C(O)CCC1CCCN(C(=O)NCc2ccco2)C1. The Labute approximate surface area is 117 Å². The Kier molecular flexibility index (Phi) is 5.03. The summed E-state index contributed by atoms with van der Waals surface area (Å²) >= 11 is 0. The molecular formula is C14H20N2O4. The smallest absolute Gasteiger partial charge is 0.317 e. The summed E-state index contributed by atoms with van der Waals surface area (Å²) < 4.78 is 5.16. The monoisotopic (exact) mass is 280 g/mol. The molecule has 6 heteroatoms. The summed E-state index contributed by atoms with van der Waals surface area (Å²) in [5.41, 5.74) is 0. The number of furan rings is 1. The summed E-state index contributed by atoms with van der Waals surface area (Å²) in [5, 5.41) is 11.5. The minimum Gasteiger partial charge on any atom is -0.481 e. The molecule has 2 amide bonds. The fourth-order valence-corrected chi connectivity index (χ4v) is 2.50. The number of piperidine rings is 1. The number of nitrogens with one attached hydrogen (secondary N) is 1. The van der Waals surface area contributed by atoms with Crippen LogP contribution in [0.25, 0.3) is 0 Å². The van der Waals surface area contributed by atoms with Crippen molar-refractivity contribution in [3.63, 3.8) is 0 Å². The normalized spacial score (nSPS) is 18.8. The van der Waals surface area contributed by atoms with Crippen LogP contribution in [0.1, 0.15) is 31.4 Å².